The summed E-state index contributed by atoms with van der Waals surface area (Å²) in [5.74, 6) is -0.184. The van der Waals surface area contributed by atoms with Crippen LogP contribution in [0.3, 0.4) is 0 Å². The Morgan fingerprint density at radius 3 is 2.95 bits per heavy atom. The van der Waals surface area contributed by atoms with Gasteiger partial charge in [0.1, 0.15) is 5.82 Å². The molecule has 1 heterocycles. The average molecular weight is 259 g/mol. The molecule has 4 heteroatoms. The van der Waals surface area contributed by atoms with Gasteiger partial charge in [0, 0.05) is 18.8 Å². The molecule has 1 aromatic carbocycles. The maximum atomic E-state index is 13.0. The Labute approximate surface area is 112 Å². The van der Waals surface area contributed by atoms with Crippen LogP contribution in [0.2, 0.25) is 0 Å². The molecule has 1 saturated carbocycles. The minimum absolute atomic E-state index is 0.184. The molecule has 19 heavy (non-hydrogen) atoms. The molecular weight excluding hydrogens is 241 g/mol. The van der Waals surface area contributed by atoms with Gasteiger partial charge in [-0.15, -0.1) is 0 Å². The Morgan fingerprint density at radius 2 is 2.21 bits per heavy atom. The summed E-state index contributed by atoms with van der Waals surface area (Å²) in [4.78, 5) is 0. The summed E-state index contributed by atoms with van der Waals surface area (Å²) in [6.07, 6.45) is 4.55. The number of hydrogen-bond donors (Lipinski definition) is 1. The SMILES string of the molecule is Cc1cc(F)ccc1Cn1ccc(CNC2CC2)n1. The number of aryl methyl sites for hydroxylation is 1. The lowest BCUT2D eigenvalue weighted by Crippen LogP contribution is -2.16. The molecule has 0 unspecified atom stereocenters. The van der Waals surface area contributed by atoms with Crippen molar-refractivity contribution in [2.45, 2.75) is 38.9 Å². The van der Waals surface area contributed by atoms with E-state index in [1.807, 2.05) is 29.9 Å². The van der Waals surface area contributed by atoms with Crippen molar-refractivity contribution in [2.75, 3.05) is 0 Å². The van der Waals surface area contributed by atoms with Gasteiger partial charge in [0.25, 0.3) is 0 Å². The zero-order valence-electron chi connectivity index (χ0n) is 11.1. The van der Waals surface area contributed by atoms with E-state index in [-0.39, 0.29) is 5.82 Å². The van der Waals surface area contributed by atoms with Gasteiger partial charge in [-0.3, -0.25) is 4.68 Å². The second kappa shape index (κ2) is 5.13. The van der Waals surface area contributed by atoms with Crippen LogP contribution in [0.15, 0.2) is 30.5 Å². The quantitative estimate of drug-likeness (QED) is 0.894. The number of benzene rings is 1. The van der Waals surface area contributed by atoms with Gasteiger partial charge in [0.2, 0.25) is 0 Å². The first-order chi connectivity index (χ1) is 9.20. The molecule has 0 spiro atoms. The summed E-state index contributed by atoms with van der Waals surface area (Å²) in [5.41, 5.74) is 3.13. The van der Waals surface area contributed by atoms with Crippen molar-refractivity contribution in [2.24, 2.45) is 0 Å². The second-order valence-electron chi connectivity index (χ2n) is 5.23. The van der Waals surface area contributed by atoms with Crippen molar-refractivity contribution in [3.63, 3.8) is 0 Å². The van der Waals surface area contributed by atoms with Crippen LogP contribution in [-0.4, -0.2) is 15.8 Å². The summed E-state index contributed by atoms with van der Waals surface area (Å²) in [7, 11) is 0. The van der Waals surface area contributed by atoms with E-state index in [1.165, 1.54) is 18.9 Å². The lowest BCUT2D eigenvalue weighted by molar-refractivity contribution is 0.617. The minimum atomic E-state index is -0.184. The topological polar surface area (TPSA) is 29.9 Å². The zero-order chi connectivity index (χ0) is 13.2. The van der Waals surface area contributed by atoms with Crippen molar-refractivity contribution in [3.05, 3.63) is 53.1 Å². The molecule has 1 fully saturated rings. The van der Waals surface area contributed by atoms with Crippen LogP contribution < -0.4 is 5.32 Å². The monoisotopic (exact) mass is 259 g/mol. The third kappa shape index (κ3) is 3.20. The lowest BCUT2D eigenvalue weighted by Gasteiger charge is -2.06. The molecule has 0 saturated heterocycles. The fourth-order valence-corrected chi connectivity index (χ4v) is 2.13. The molecule has 0 bridgehead atoms. The zero-order valence-corrected chi connectivity index (χ0v) is 11.1. The number of nitrogens with zero attached hydrogens (tertiary/aromatic N) is 2. The fraction of sp³-hybridized carbons (Fsp3) is 0.400. The fourth-order valence-electron chi connectivity index (χ4n) is 2.13. The smallest absolute Gasteiger partial charge is 0.123 e. The van der Waals surface area contributed by atoms with Gasteiger partial charge in [-0.05, 0) is 49.1 Å². The van der Waals surface area contributed by atoms with Gasteiger partial charge in [-0.2, -0.15) is 5.10 Å². The predicted octanol–water partition coefficient (Wildman–Crippen LogP) is 2.63. The van der Waals surface area contributed by atoms with Gasteiger partial charge in [-0.25, -0.2) is 4.39 Å². The third-order valence-electron chi connectivity index (χ3n) is 3.48. The van der Waals surface area contributed by atoms with Crippen LogP contribution in [0.5, 0.6) is 0 Å². The first-order valence-corrected chi connectivity index (χ1v) is 6.71. The lowest BCUT2D eigenvalue weighted by atomic mass is 10.1. The third-order valence-corrected chi connectivity index (χ3v) is 3.48. The molecule has 2 aromatic rings. The molecule has 3 rings (SSSR count). The number of rotatable bonds is 5. The van der Waals surface area contributed by atoms with Gasteiger partial charge >= 0.3 is 0 Å². The van der Waals surface area contributed by atoms with Crippen molar-refractivity contribution >= 4 is 0 Å². The average Bonchev–Trinajstić information content (AvgIpc) is 3.10. The van der Waals surface area contributed by atoms with Crippen molar-refractivity contribution < 1.29 is 4.39 Å². The van der Waals surface area contributed by atoms with Gasteiger partial charge < -0.3 is 5.32 Å². The van der Waals surface area contributed by atoms with Crippen molar-refractivity contribution in [1.82, 2.24) is 15.1 Å². The highest BCUT2D eigenvalue weighted by Crippen LogP contribution is 2.19. The Kier molecular flexibility index (Phi) is 3.34. The van der Waals surface area contributed by atoms with E-state index in [1.54, 1.807) is 6.07 Å². The Bertz CT molecular complexity index is 573. The molecule has 1 aromatic heterocycles. The van der Waals surface area contributed by atoms with Crippen LogP contribution in [0.1, 0.15) is 29.7 Å². The van der Waals surface area contributed by atoms with Crippen LogP contribution in [0.25, 0.3) is 0 Å². The van der Waals surface area contributed by atoms with Gasteiger partial charge in [-0.1, -0.05) is 6.07 Å². The molecular formula is C15H18FN3. The van der Waals surface area contributed by atoms with E-state index in [0.29, 0.717) is 12.6 Å². The molecule has 0 atom stereocenters. The number of nitrogens with one attached hydrogen (secondary N) is 1. The maximum absolute atomic E-state index is 13.0. The summed E-state index contributed by atoms with van der Waals surface area (Å²) in [6.45, 7) is 3.45. The summed E-state index contributed by atoms with van der Waals surface area (Å²) < 4.78 is 14.9. The number of halogens is 1. The van der Waals surface area contributed by atoms with E-state index < -0.39 is 0 Å². The van der Waals surface area contributed by atoms with E-state index in [9.17, 15) is 4.39 Å². The molecule has 3 nitrogen and oxygen atoms in total. The Balaban J connectivity index is 1.65. The van der Waals surface area contributed by atoms with Gasteiger partial charge in [0.15, 0.2) is 0 Å². The first-order valence-electron chi connectivity index (χ1n) is 6.71. The van der Waals surface area contributed by atoms with E-state index >= 15 is 0 Å². The second-order valence-corrected chi connectivity index (χ2v) is 5.23. The van der Waals surface area contributed by atoms with Gasteiger partial charge in [0.05, 0.1) is 12.2 Å². The molecule has 1 N–H and O–H groups in total. The van der Waals surface area contributed by atoms with Crippen molar-refractivity contribution in [3.8, 4) is 0 Å². The van der Waals surface area contributed by atoms with E-state index in [4.69, 9.17) is 0 Å². The highest BCUT2D eigenvalue weighted by Gasteiger charge is 2.20. The molecule has 1 aliphatic rings. The van der Waals surface area contributed by atoms with E-state index in [0.717, 1.165) is 23.4 Å². The highest BCUT2D eigenvalue weighted by molar-refractivity contribution is 5.26. The molecule has 0 radical (unpaired) electrons. The molecule has 0 amide bonds. The number of hydrogen-bond acceptors (Lipinski definition) is 2. The molecule has 100 valence electrons. The number of aromatic nitrogens is 2. The summed E-state index contributed by atoms with van der Waals surface area (Å²) in [5, 5.41) is 7.97. The van der Waals surface area contributed by atoms with Crippen LogP contribution in [-0.2, 0) is 13.1 Å². The maximum Gasteiger partial charge on any atom is 0.123 e. The van der Waals surface area contributed by atoms with Crippen molar-refractivity contribution in [1.29, 1.82) is 0 Å². The summed E-state index contributed by atoms with van der Waals surface area (Å²) in [6, 6.07) is 7.63. The van der Waals surface area contributed by atoms with Crippen LogP contribution in [0, 0.1) is 12.7 Å². The normalized spacial score (nSPS) is 14.8. The predicted molar refractivity (Wildman–Crippen MR) is 72.3 cm³/mol. The standard InChI is InChI=1S/C15H18FN3/c1-11-8-13(16)3-2-12(11)10-19-7-6-15(18-19)9-17-14-4-5-14/h2-3,6-8,14,17H,4-5,9-10H2,1H3. The van der Waals surface area contributed by atoms with Crippen LogP contribution in [0.4, 0.5) is 4.39 Å². The van der Waals surface area contributed by atoms with Crippen LogP contribution >= 0.6 is 0 Å². The highest BCUT2D eigenvalue weighted by atomic mass is 19.1. The molecule has 1 aliphatic carbocycles. The summed E-state index contributed by atoms with van der Waals surface area (Å²) >= 11 is 0. The first kappa shape index (κ1) is 12.4. The Hall–Kier alpha value is -1.68. The Morgan fingerprint density at radius 1 is 1.37 bits per heavy atom. The minimum Gasteiger partial charge on any atom is -0.308 e. The largest absolute Gasteiger partial charge is 0.308 e. The molecule has 0 aliphatic heterocycles. The van der Waals surface area contributed by atoms with E-state index in [2.05, 4.69) is 10.4 Å².